The van der Waals surface area contributed by atoms with Gasteiger partial charge in [0.05, 0.1) is 18.8 Å². The molecule has 0 heterocycles. The van der Waals surface area contributed by atoms with E-state index in [4.69, 9.17) is 14.2 Å². The van der Waals surface area contributed by atoms with Crippen LogP contribution in [0, 0.1) is 5.82 Å². The van der Waals surface area contributed by atoms with Crippen molar-refractivity contribution in [2.45, 2.75) is 97.3 Å². The van der Waals surface area contributed by atoms with Gasteiger partial charge >= 0.3 is 5.97 Å². The van der Waals surface area contributed by atoms with Gasteiger partial charge in [0, 0.05) is 0 Å². The maximum Gasteiger partial charge on any atom is 0.343 e. The Morgan fingerprint density at radius 2 is 1.07 bits per heavy atom. The number of ether oxygens (including phenoxy) is 3. The van der Waals surface area contributed by atoms with E-state index >= 15 is 0 Å². The first kappa shape index (κ1) is 32.2. The molecule has 41 heavy (non-hydrogen) atoms. The maximum atomic E-state index is 14.5. The highest BCUT2D eigenvalue weighted by molar-refractivity contribution is 5.91. The lowest BCUT2D eigenvalue weighted by atomic mass is 10.1. The number of esters is 1. The summed E-state index contributed by atoms with van der Waals surface area (Å²) < 4.78 is 31.5. The number of hydrogen-bond donors (Lipinski definition) is 0. The fourth-order valence-electron chi connectivity index (χ4n) is 4.68. The molecule has 0 spiro atoms. The van der Waals surface area contributed by atoms with Crippen LogP contribution in [0.15, 0.2) is 66.7 Å². The van der Waals surface area contributed by atoms with Crippen LogP contribution in [-0.4, -0.2) is 19.2 Å². The van der Waals surface area contributed by atoms with Crippen molar-refractivity contribution >= 4 is 5.97 Å². The van der Waals surface area contributed by atoms with Crippen molar-refractivity contribution in [3.05, 3.63) is 78.1 Å². The van der Waals surface area contributed by atoms with Crippen LogP contribution in [0.4, 0.5) is 4.39 Å². The van der Waals surface area contributed by atoms with E-state index < -0.39 is 11.8 Å². The van der Waals surface area contributed by atoms with Gasteiger partial charge < -0.3 is 14.2 Å². The highest BCUT2D eigenvalue weighted by atomic mass is 19.1. The van der Waals surface area contributed by atoms with E-state index in [1.165, 1.54) is 82.4 Å². The summed E-state index contributed by atoms with van der Waals surface area (Å²) in [6, 6.07) is 19.5. The molecule has 0 bridgehead atoms. The van der Waals surface area contributed by atoms with Crippen LogP contribution in [0.25, 0.3) is 11.1 Å². The molecule has 0 aliphatic heterocycles. The maximum absolute atomic E-state index is 14.5. The number of carbonyl (C=O) groups is 1. The SMILES string of the molecule is CCCCCCCCCOc1ccc(C(=O)Oc2ccc(-c3ccc(OCCCCCCCC)cc3)cc2)cc1F. The third-order valence-corrected chi connectivity index (χ3v) is 7.19. The van der Waals surface area contributed by atoms with E-state index in [0.717, 1.165) is 42.7 Å². The number of hydrogen-bond acceptors (Lipinski definition) is 4. The first-order chi connectivity index (χ1) is 20.1. The molecule has 222 valence electrons. The molecule has 0 fully saturated rings. The normalized spacial score (nSPS) is 10.9. The third kappa shape index (κ3) is 12.0. The summed E-state index contributed by atoms with van der Waals surface area (Å²) in [7, 11) is 0. The summed E-state index contributed by atoms with van der Waals surface area (Å²) in [4.78, 5) is 12.6. The number of unbranched alkanes of at least 4 members (excludes halogenated alkanes) is 11. The summed E-state index contributed by atoms with van der Waals surface area (Å²) in [5.41, 5.74) is 2.19. The fourth-order valence-corrected chi connectivity index (χ4v) is 4.68. The quantitative estimate of drug-likeness (QED) is 0.0780. The Morgan fingerprint density at radius 1 is 0.585 bits per heavy atom. The Hall–Kier alpha value is -3.34. The second-order valence-electron chi connectivity index (χ2n) is 10.7. The van der Waals surface area contributed by atoms with Gasteiger partial charge in [0.2, 0.25) is 0 Å². The molecule has 3 aromatic rings. The van der Waals surface area contributed by atoms with Crippen LogP contribution in [0.1, 0.15) is 108 Å². The standard InChI is InChI=1S/C36H47FO4/c1-3-5-7-9-11-13-15-27-40-35-25-20-31(28-34(35)37)36(38)41-33-23-18-30(19-24-33)29-16-21-32(22-17-29)39-26-14-12-10-8-6-4-2/h16-25,28H,3-15,26-27H2,1-2H3. The molecule has 0 aromatic heterocycles. The van der Waals surface area contributed by atoms with Crippen LogP contribution in [-0.2, 0) is 0 Å². The zero-order valence-corrected chi connectivity index (χ0v) is 25.0. The Balaban J connectivity index is 1.41. The van der Waals surface area contributed by atoms with Gasteiger partial charge in [-0.2, -0.15) is 0 Å². The highest BCUT2D eigenvalue weighted by Crippen LogP contribution is 2.26. The zero-order valence-electron chi connectivity index (χ0n) is 25.0. The summed E-state index contributed by atoms with van der Waals surface area (Å²) >= 11 is 0. The summed E-state index contributed by atoms with van der Waals surface area (Å²) in [6.45, 7) is 5.65. The van der Waals surface area contributed by atoms with E-state index in [9.17, 15) is 9.18 Å². The minimum atomic E-state index is -0.609. The molecular formula is C36H47FO4. The average Bonchev–Trinajstić information content (AvgIpc) is 2.99. The molecule has 0 aliphatic carbocycles. The van der Waals surface area contributed by atoms with E-state index in [1.54, 1.807) is 12.1 Å². The van der Waals surface area contributed by atoms with Crippen LogP contribution >= 0.6 is 0 Å². The number of carbonyl (C=O) groups excluding carboxylic acids is 1. The molecule has 0 atom stereocenters. The largest absolute Gasteiger partial charge is 0.494 e. The molecule has 3 aromatic carbocycles. The van der Waals surface area contributed by atoms with Crippen LogP contribution < -0.4 is 14.2 Å². The molecule has 0 radical (unpaired) electrons. The van der Waals surface area contributed by atoms with Crippen molar-refractivity contribution in [1.82, 2.24) is 0 Å². The van der Waals surface area contributed by atoms with Gasteiger partial charge in [0.25, 0.3) is 0 Å². The number of benzene rings is 3. The Kier molecular flexibility index (Phi) is 14.8. The fraction of sp³-hybridized carbons (Fsp3) is 0.472. The van der Waals surface area contributed by atoms with Crippen molar-refractivity contribution in [3.8, 4) is 28.4 Å². The molecular weight excluding hydrogens is 515 g/mol. The second-order valence-corrected chi connectivity index (χ2v) is 10.7. The lowest BCUT2D eigenvalue weighted by Crippen LogP contribution is -2.09. The van der Waals surface area contributed by atoms with E-state index in [-0.39, 0.29) is 11.3 Å². The first-order valence-electron chi connectivity index (χ1n) is 15.6. The monoisotopic (exact) mass is 562 g/mol. The number of rotatable bonds is 20. The minimum Gasteiger partial charge on any atom is -0.494 e. The van der Waals surface area contributed by atoms with Gasteiger partial charge in [0.1, 0.15) is 11.5 Å². The molecule has 0 N–H and O–H groups in total. The smallest absolute Gasteiger partial charge is 0.343 e. The molecule has 5 heteroatoms. The average molecular weight is 563 g/mol. The van der Waals surface area contributed by atoms with Gasteiger partial charge in [-0.1, -0.05) is 109 Å². The predicted octanol–water partition coefficient (Wildman–Crippen LogP) is 10.6. The van der Waals surface area contributed by atoms with Crippen molar-refractivity contribution in [3.63, 3.8) is 0 Å². The predicted molar refractivity (Wildman–Crippen MR) is 166 cm³/mol. The van der Waals surface area contributed by atoms with Crippen LogP contribution in [0.3, 0.4) is 0 Å². The molecule has 0 saturated heterocycles. The Morgan fingerprint density at radius 3 is 1.61 bits per heavy atom. The highest BCUT2D eigenvalue weighted by Gasteiger charge is 2.13. The lowest BCUT2D eigenvalue weighted by molar-refractivity contribution is 0.0734. The van der Waals surface area contributed by atoms with E-state index in [2.05, 4.69) is 13.8 Å². The number of halogens is 1. The van der Waals surface area contributed by atoms with E-state index in [1.807, 2.05) is 36.4 Å². The van der Waals surface area contributed by atoms with Gasteiger partial charge in [-0.3, -0.25) is 0 Å². The van der Waals surface area contributed by atoms with Gasteiger partial charge in [-0.05, 0) is 66.4 Å². The van der Waals surface area contributed by atoms with Gasteiger partial charge in [-0.15, -0.1) is 0 Å². The minimum absolute atomic E-state index is 0.145. The molecule has 3 rings (SSSR count). The molecule has 0 aliphatic rings. The molecule has 4 nitrogen and oxygen atoms in total. The third-order valence-electron chi connectivity index (χ3n) is 7.19. The van der Waals surface area contributed by atoms with E-state index in [0.29, 0.717) is 12.4 Å². The van der Waals surface area contributed by atoms with Crippen LogP contribution in [0.2, 0.25) is 0 Å². The van der Waals surface area contributed by atoms with Crippen molar-refractivity contribution in [1.29, 1.82) is 0 Å². The van der Waals surface area contributed by atoms with Crippen molar-refractivity contribution in [2.24, 2.45) is 0 Å². The summed E-state index contributed by atoms with van der Waals surface area (Å²) in [5.74, 6) is 0.265. The zero-order chi connectivity index (χ0) is 29.1. The Bertz CT molecular complexity index is 1140. The second kappa shape index (κ2) is 18.9. The van der Waals surface area contributed by atoms with Crippen molar-refractivity contribution < 1.29 is 23.4 Å². The van der Waals surface area contributed by atoms with Gasteiger partial charge in [-0.25, -0.2) is 9.18 Å². The topological polar surface area (TPSA) is 44.8 Å². The summed E-state index contributed by atoms with van der Waals surface area (Å²) in [5, 5.41) is 0. The first-order valence-corrected chi connectivity index (χ1v) is 15.6. The van der Waals surface area contributed by atoms with Crippen molar-refractivity contribution in [2.75, 3.05) is 13.2 Å². The van der Waals surface area contributed by atoms with Gasteiger partial charge in [0.15, 0.2) is 11.6 Å². The Labute approximate surface area is 246 Å². The summed E-state index contributed by atoms with van der Waals surface area (Å²) in [6.07, 6.45) is 15.6. The lowest BCUT2D eigenvalue weighted by Gasteiger charge is -2.10. The van der Waals surface area contributed by atoms with Crippen LogP contribution in [0.5, 0.6) is 17.2 Å². The molecule has 0 unspecified atom stereocenters. The molecule has 0 amide bonds. The molecule has 0 saturated carbocycles.